The van der Waals surface area contributed by atoms with Crippen LogP contribution in [0.1, 0.15) is 71.5 Å². The maximum atomic E-state index is 6.78. The zero-order valence-corrected chi connectivity index (χ0v) is 29.9. The van der Waals surface area contributed by atoms with Crippen molar-refractivity contribution in [3.8, 4) is 11.5 Å². The molecule has 53 heavy (non-hydrogen) atoms. The van der Waals surface area contributed by atoms with Gasteiger partial charge in [0, 0.05) is 38.3 Å². The fourth-order valence-corrected chi connectivity index (χ4v) is 7.63. The molecule has 0 N–H and O–H groups in total. The van der Waals surface area contributed by atoms with Gasteiger partial charge in [0.25, 0.3) is 0 Å². The minimum Gasteiger partial charge on any atom is -0.489 e. The van der Waals surface area contributed by atoms with Crippen molar-refractivity contribution in [1.29, 1.82) is 0 Å². The zero-order valence-electron chi connectivity index (χ0n) is 29.9. The van der Waals surface area contributed by atoms with Crippen LogP contribution in [0.25, 0.3) is 0 Å². The summed E-state index contributed by atoms with van der Waals surface area (Å²) < 4.78 is 30.4. The summed E-state index contributed by atoms with van der Waals surface area (Å²) in [6.45, 7) is 4.75. The van der Waals surface area contributed by atoms with Crippen molar-refractivity contribution in [2.75, 3.05) is 26.2 Å². The lowest BCUT2D eigenvalue weighted by Gasteiger charge is -2.40. The standard InChI is InChI=1S/C44H46N4O5/c1-3-7-33(8-4-1)31-49-37-15-11-35(12-16-37)43(41-19-25-45-52-41)47-27-21-39(22-28-47)51-40-23-29-48(30-24-40)44(42-20-26-46-53-42)36-13-17-38(18-14-36)50-32-34-9-5-2-6-10-34/h1-20,25-26,39-40,43-44H,21-24,27-32H2. The predicted molar refractivity (Wildman–Crippen MR) is 201 cm³/mol. The van der Waals surface area contributed by atoms with Gasteiger partial charge in [0.2, 0.25) is 0 Å². The molecular weight excluding hydrogens is 665 g/mol. The molecule has 2 aliphatic rings. The van der Waals surface area contributed by atoms with Crippen molar-refractivity contribution in [2.24, 2.45) is 0 Å². The first kappa shape index (κ1) is 34.8. The van der Waals surface area contributed by atoms with Crippen LogP contribution in [-0.2, 0) is 18.0 Å². The molecule has 0 amide bonds. The van der Waals surface area contributed by atoms with Crippen LogP contribution in [0.4, 0.5) is 0 Å². The van der Waals surface area contributed by atoms with E-state index in [-0.39, 0.29) is 24.3 Å². The van der Waals surface area contributed by atoms with Gasteiger partial charge in [-0.25, -0.2) is 0 Å². The Morgan fingerprint density at radius 1 is 0.509 bits per heavy atom. The highest BCUT2D eigenvalue weighted by molar-refractivity contribution is 5.34. The van der Waals surface area contributed by atoms with Gasteiger partial charge < -0.3 is 23.3 Å². The summed E-state index contributed by atoms with van der Waals surface area (Å²) in [4.78, 5) is 4.98. The first-order valence-electron chi connectivity index (χ1n) is 18.7. The van der Waals surface area contributed by atoms with Gasteiger partial charge in [-0.05, 0) is 72.2 Å². The van der Waals surface area contributed by atoms with Crippen LogP contribution in [0.15, 0.2) is 143 Å². The van der Waals surface area contributed by atoms with E-state index in [4.69, 9.17) is 23.3 Å². The van der Waals surface area contributed by atoms with E-state index in [1.54, 1.807) is 12.4 Å². The highest BCUT2D eigenvalue weighted by Crippen LogP contribution is 2.35. The lowest BCUT2D eigenvalue weighted by molar-refractivity contribution is -0.0713. The quantitative estimate of drug-likeness (QED) is 0.110. The van der Waals surface area contributed by atoms with E-state index < -0.39 is 0 Å². The number of aromatic nitrogens is 2. The number of benzene rings is 4. The maximum Gasteiger partial charge on any atom is 0.158 e. The van der Waals surface area contributed by atoms with Crippen molar-refractivity contribution in [1.82, 2.24) is 20.1 Å². The largest absolute Gasteiger partial charge is 0.489 e. The van der Waals surface area contributed by atoms with Gasteiger partial charge in [0.1, 0.15) is 24.7 Å². The van der Waals surface area contributed by atoms with Crippen LogP contribution >= 0.6 is 0 Å². The summed E-state index contributed by atoms with van der Waals surface area (Å²) in [5, 5.41) is 8.08. The molecule has 6 aromatic rings. The van der Waals surface area contributed by atoms with Crippen LogP contribution in [0.5, 0.6) is 11.5 Å². The fraction of sp³-hybridized carbons (Fsp3) is 0.318. The van der Waals surface area contributed by atoms with E-state index in [0.29, 0.717) is 13.2 Å². The second kappa shape index (κ2) is 17.1. The maximum absolute atomic E-state index is 6.78. The molecule has 272 valence electrons. The molecule has 2 fully saturated rings. The molecule has 0 aliphatic carbocycles. The third-order valence-corrected chi connectivity index (χ3v) is 10.4. The minimum atomic E-state index is -0.0117. The fourth-order valence-electron chi connectivity index (χ4n) is 7.63. The van der Waals surface area contributed by atoms with Crippen LogP contribution in [0.3, 0.4) is 0 Å². The second-order valence-electron chi connectivity index (χ2n) is 13.9. The monoisotopic (exact) mass is 710 g/mol. The predicted octanol–water partition coefficient (Wildman–Crippen LogP) is 8.65. The normalized spacial score (nSPS) is 17.4. The lowest BCUT2D eigenvalue weighted by Crippen LogP contribution is -2.44. The summed E-state index contributed by atoms with van der Waals surface area (Å²) >= 11 is 0. The lowest BCUT2D eigenvalue weighted by atomic mass is 9.97. The number of likely N-dealkylation sites (tertiary alicyclic amines) is 2. The van der Waals surface area contributed by atoms with Gasteiger partial charge in [-0.15, -0.1) is 0 Å². The summed E-state index contributed by atoms with van der Waals surface area (Å²) in [6.07, 6.45) is 7.83. The summed E-state index contributed by atoms with van der Waals surface area (Å²) in [7, 11) is 0. The number of ether oxygens (including phenoxy) is 3. The zero-order chi connectivity index (χ0) is 35.7. The molecule has 0 bridgehead atoms. The van der Waals surface area contributed by atoms with Crippen LogP contribution in [0, 0.1) is 0 Å². The van der Waals surface area contributed by atoms with E-state index in [0.717, 1.165) is 97.1 Å². The number of nitrogens with zero attached hydrogens (tertiary/aromatic N) is 4. The smallest absolute Gasteiger partial charge is 0.158 e. The van der Waals surface area contributed by atoms with E-state index in [9.17, 15) is 0 Å². The molecular formula is C44H46N4O5. The Morgan fingerprint density at radius 2 is 0.906 bits per heavy atom. The van der Waals surface area contributed by atoms with Gasteiger partial charge in [0.15, 0.2) is 11.5 Å². The van der Waals surface area contributed by atoms with E-state index in [1.807, 2.05) is 72.8 Å². The SMILES string of the molecule is c1ccc(COc2ccc(C(c3ccno3)N3CCC(OC4CCN(C(c5ccc(OCc6ccccc6)cc5)c5ccno5)CC4)CC3)cc2)cc1. The topological polar surface area (TPSA) is 86.2 Å². The minimum absolute atomic E-state index is 0.0117. The Kier molecular flexibility index (Phi) is 11.2. The summed E-state index contributed by atoms with van der Waals surface area (Å²) in [6, 6.07) is 41.2. The molecule has 0 radical (unpaired) electrons. The Bertz CT molecular complexity index is 1780. The third kappa shape index (κ3) is 8.88. The van der Waals surface area contributed by atoms with Crippen molar-refractivity contribution in [3.63, 3.8) is 0 Å². The van der Waals surface area contributed by atoms with E-state index in [1.165, 1.54) is 0 Å². The molecule has 9 nitrogen and oxygen atoms in total. The van der Waals surface area contributed by atoms with Gasteiger partial charge in [-0.1, -0.05) is 95.2 Å². The molecule has 4 aromatic carbocycles. The van der Waals surface area contributed by atoms with Crippen molar-refractivity contribution < 1.29 is 23.3 Å². The number of piperidine rings is 2. The molecule has 2 unspecified atom stereocenters. The summed E-state index contributed by atoms with van der Waals surface area (Å²) in [5.41, 5.74) is 4.62. The molecule has 8 rings (SSSR count). The van der Waals surface area contributed by atoms with E-state index >= 15 is 0 Å². The molecule has 2 saturated heterocycles. The second-order valence-corrected chi connectivity index (χ2v) is 13.9. The molecule has 2 aromatic heterocycles. The van der Waals surface area contributed by atoms with Crippen LogP contribution < -0.4 is 9.47 Å². The van der Waals surface area contributed by atoms with Gasteiger partial charge in [-0.3, -0.25) is 9.80 Å². The Hall–Kier alpha value is -5.22. The first-order valence-corrected chi connectivity index (χ1v) is 18.7. The van der Waals surface area contributed by atoms with Gasteiger partial charge in [-0.2, -0.15) is 0 Å². The Labute approximate surface area is 311 Å². The highest BCUT2D eigenvalue weighted by Gasteiger charge is 2.34. The Morgan fingerprint density at radius 3 is 1.26 bits per heavy atom. The third-order valence-electron chi connectivity index (χ3n) is 10.4. The van der Waals surface area contributed by atoms with Gasteiger partial charge in [0.05, 0.1) is 36.7 Å². The average Bonchev–Trinajstić information content (AvgIpc) is 3.96. The number of hydrogen-bond donors (Lipinski definition) is 0. The summed E-state index contributed by atoms with van der Waals surface area (Å²) in [5.74, 6) is 3.40. The molecule has 4 heterocycles. The van der Waals surface area contributed by atoms with Crippen molar-refractivity contribution >= 4 is 0 Å². The number of rotatable bonds is 14. The van der Waals surface area contributed by atoms with Crippen molar-refractivity contribution in [2.45, 2.75) is 63.2 Å². The van der Waals surface area contributed by atoms with Crippen LogP contribution in [0.2, 0.25) is 0 Å². The number of hydrogen-bond acceptors (Lipinski definition) is 9. The van der Waals surface area contributed by atoms with E-state index in [2.05, 4.69) is 68.6 Å². The Balaban J connectivity index is 0.842. The molecule has 2 aliphatic heterocycles. The molecule has 0 saturated carbocycles. The first-order chi connectivity index (χ1) is 26.2. The molecule has 9 heteroatoms. The molecule has 0 spiro atoms. The van der Waals surface area contributed by atoms with Crippen molar-refractivity contribution in [3.05, 3.63) is 167 Å². The van der Waals surface area contributed by atoms with Gasteiger partial charge >= 0.3 is 0 Å². The highest BCUT2D eigenvalue weighted by atomic mass is 16.5. The molecule has 2 atom stereocenters. The van der Waals surface area contributed by atoms with Crippen LogP contribution in [-0.4, -0.2) is 58.5 Å². The average molecular weight is 711 g/mol.